The summed E-state index contributed by atoms with van der Waals surface area (Å²) in [5.74, 6) is 0.838. The zero-order valence-corrected chi connectivity index (χ0v) is 9.11. The molecule has 0 saturated carbocycles. The molecule has 0 amide bonds. The van der Waals surface area contributed by atoms with Crippen LogP contribution in [0, 0.1) is 5.92 Å². The van der Waals surface area contributed by atoms with Crippen molar-refractivity contribution in [2.45, 2.75) is 38.3 Å². The topological polar surface area (TPSA) is 38.5 Å². The molecule has 3 unspecified atom stereocenters. The fourth-order valence-electron chi connectivity index (χ4n) is 2.71. The molecule has 82 valence electrons. The van der Waals surface area contributed by atoms with Gasteiger partial charge in [-0.2, -0.15) is 0 Å². The van der Waals surface area contributed by atoms with Gasteiger partial charge >= 0.3 is 0 Å². The first kappa shape index (κ1) is 10.4. The third kappa shape index (κ3) is 2.10. The number of ether oxygens (including phenoxy) is 1. The minimum Gasteiger partial charge on any atom is -0.377 e. The minimum atomic E-state index is 0.408. The molecule has 3 atom stereocenters. The average Bonchev–Trinajstić information content (AvgIpc) is 2.79. The Labute approximate surface area is 86.6 Å². The van der Waals surface area contributed by atoms with Gasteiger partial charge in [0, 0.05) is 25.7 Å². The molecule has 2 rings (SSSR count). The maximum atomic E-state index is 5.86. The van der Waals surface area contributed by atoms with Crippen molar-refractivity contribution in [3.8, 4) is 0 Å². The molecule has 0 aromatic heterocycles. The van der Waals surface area contributed by atoms with Crippen molar-refractivity contribution in [1.29, 1.82) is 0 Å². The van der Waals surface area contributed by atoms with Crippen LogP contribution in [-0.2, 0) is 4.74 Å². The van der Waals surface area contributed by atoms with Crippen LogP contribution in [0.4, 0.5) is 0 Å². The van der Waals surface area contributed by atoms with Crippen LogP contribution >= 0.6 is 0 Å². The van der Waals surface area contributed by atoms with E-state index in [1.165, 1.54) is 32.4 Å². The van der Waals surface area contributed by atoms with Gasteiger partial charge in [0.05, 0.1) is 6.10 Å². The van der Waals surface area contributed by atoms with E-state index >= 15 is 0 Å². The molecule has 2 heterocycles. The van der Waals surface area contributed by atoms with Gasteiger partial charge in [-0.25, -0.2) is 0 Å². The van der Waals surface area contributed by atoms with Crippen molar-refractivity contribution < 1.29 is 4.74 Å². The number of likely N-dealkylation sites (tertiary alicyclic amines) is 1. The lowest BCUT2D eigenvalue weighted by Crippen LogP contribution is -2.47. The molecule has 2 aliphatic heterocycles. The molecule has 0 aromatic carbocycles. The Kier molecular flexibility index (Phi) is 3.42. The highest BCUT2D eigenvalue weighted by atomic mass is 16.5. The second-order valence-electron chi connectivity index (χ2n) is 4.74. The Hall–Kier alpha value is -0.120. The first-order chi connectivity index (χ1) is 6.81. The summed E-state index contributed by atoms with van der Waals surface area (Å²) in [7, 11) is 0. The molecule has 2 N–H and O–H groups in total. The Balaban J connectivity index is 1.91. The first-order valence-electron chi connectivity index (χ1n) is 5.87. The van der Waals surface area contributed by atoms with E-state index in [1.54, 1.807) is 0 Å². The highest BCUT2D eigenvalue weighted by Crippen LogP contribution is 2.24. The first-order valence-corrected chi connectivity index (χ1v) is 5.87. The predicted molar refractivity (Wildman–Crippen MR) is 57.2 cm³/mol. The van der Waals surface area contributed by atoms with E-state index in [-0.39, 0.29) is 0 Å². The van der Waals surface area contributed by atoms with Gasteiger partial charge < -0.3 is 10.5 Å². The lowest BCUT2D eigenvalue weighted by molar-refractivity contribution is 0.0354. The minimum absolute atomic E-state index is 0.408. The van der Waals surface area contributed by atoms with Gasteiger partial charge in [-0.15, -0.1) is 0 Å². The number of hydrogen-bond acceptors (Lipinski definition) is 3. The molecular formula is C11H22N2O. The van der Waals surface area contributed by atoms with E-state index in [9.17, 15) is 0 Å². The Morgan fingerprint density at radius 1 is 1.50 bits per heavy atom. The smallest absolute Gasteiger partial charge is 0.0743 e. The molecule has 2 aliphatic rings. The molecule has 14 heavy (non-hydrogen) atoms. The van der Waals surface area contributed by atoms with Crippen LogP contribution in [0.25, 0.3) is 0 Å². The second-order valence-corrected chi connectivity index (χ2v) is 4.74. The molecular weight excluding hydrogens is 176 g/mol. The molecule has 0 radical (unpaired) electrons. The summed E-state index contributed by atoms with van der Waals surface area (Å²) in [5, 5.41) is 0. The van der Waals surface area contributed by atoms with Crippen molar-refractivity contribution >= 4 is 0 Å². The van der Waals surface area contributed by atoms with E-state index in [4.69, 9.17) is 10.5 Å². The zero-order valence-electron chi connectivity index (χ0n) is 9.11. The maximum Gasteiger partial charge on any atom is 0.0743 e. The number of rotatable bonds is 3. The van der Waals surface area contributed by atoms with Gasteiger partial charge in [-0.3, -0.25) is 4.90 Å². The predicted octanol–water partition coefficient (Wildman–Crippen LogP) is 0.834. The molecule has 0 aromatic rings. The Morgan fingerprint density at radius 3 is 2.86 bits per heavy atom. The second kappa shape index (κ2) is 4.60. The van der Waals surface area contributed by atoms with Gasteiger partial charge in [0.1, 0.15) is 0 Å². The maximum absolute atomic E-state index is 5.86. The van der Waals surface area contributed by atoms with Crippen LogP contribution in [0.3, 0.4) is 0 Å². The van der Waals surface area contributed by atoms with Crippen molar-refractivity contribution in [2.24, 2.45) is 11.7 Å². The third-order valence-corrected chi connectivity index (χ3v) is 3.56. The molecule has 2 saturated heterocycles. The summed E-state index contributed by atoms with van der Waals surface area (Å²) >= 11 is 0. The van der Waals surface area contributed by atoms with E-state index < -0.39 is 0 Å². The van der Waals surface area contributed by atoms with Crippen LogP contribution < -0.4 is 5.73 Å². The summed E-state index contributed by atoms with van der Waals surface area (Å²) in [5.41, 5.74) is 5.86. The summed E-state index contributed by atoms with van der Waals surface area (Å²) in [6.45, 7) is 6.43. The van der Waals surface area contributed by atoms with E-state index in [1.807, 2.05) is 0 Å². The van der Waals surface area contributed by atoms with E-state index in [0.29, 0.717) is 12.1 Å². The van der Waals surface area contributed by atoms with Crippen LogP contribution in [0.15, 0.2) is 0 Å². The average molecular weight is 198 g/mol. The number of nitrogens with two attached hydrogens (primary N) is 1. The number of nitrogens with zero attached hydrogens (tertiary/aromatic N) is 1. The lowest BCUT2D eigenvalue weighted by atomic mass is 10.1. The van der Waals surface area contributed by atoms with Gasteiger partial charge in [0.2, 0.25) is 0 Å². The molecule has 2 fully saturated rings. The van der Waals surface area contributed by atoms with Crippen LogP contribution in [0.2, 0.25) is 0 Å². The van der Waals surface area contributed by atoms with Crippen molar-refractivity contribution in [3.63, 3.8) is 0 Å². The quantitative estimate of drug-likeness (QED) is 0.730. The number of hydrogen-bond donors (Lipinski definition) is 1. The molecule has 0 spiro atoms. The SMILES string of the molecule is CC1CCN(C(CN)C2CCCO2)C1. The molecule has 3 heteroatoms. The monoisotopic (exact) mass is 198 g/mol. The van der Waals surface area contributed by atoms with Gasteiger partial charge in [0.15, 0.2) is 0 Å². The van der Waals surface area contributed by atoms with Gasteiger partial charge in [-0.1, -0.05) is 6.92 Å². The lowest BCUT2D eigenvalue weighted by Gasteiger charge is -2.30. The Bertz CT molecular complexity index is 180. The third-order valence-electron chi connectivity index (χ3n) is 3.56. The zero-order chi connectivity index (χ0) is 9.97. The van der Waals surface area contributed by atoms with E-state index in [2.05, 4.69) is 11.8 Å². The van der Waals surface area contributed by atoms with Crippen LogP contribution in [0.5, 0.6) is 0 Å². The summed E-state index contributed by atoms with van der Waals surface area (Å²) in [6.07, 6.45) is 4.14. The highest BCUT2D eigenvalue weighted by molar-refractivity contribution is 4.87. The summed E-state index contributed by atoms with van der Waals surface area (Å²) < 4.78 is 5.73. The molecule has 0 aliphatic carbocycles. The largest absolute Gasteiger partial charge is 0.377 e. The van der Waals surface area contributed by atoms with Crippen molar-refractivity contribution in [3.05, 3.63) is 0 Å². The normalized spacial score (nSPS) is 36.4. The van der Waals surface area contributed by atoms with Gasteiger partial charge in [-0.05, 0) is 31.7 Å². The fraction of sp³-hybridized carbons (Fsp3) is 1.00. The standard InChI is InChI=1S/C11H22N2O/c1-9-4-5-13(8-9)10(7-12)11-3-2-6-14-11/h9-11H,2-8,12H2,1H3. The van der Waals surface area contributed by atoms with Crippen molar-refractivity contribution in [2.75, 3.05) is 26.2 Å². The van der Waals surface area contributed by atoms with Crippen molar-refractivity contribution in [1.82, 2.24) is 4.90 Å². The fourth-order valence-corrected chi connectivity index (χ4v) is 2.71. The molecule has 0 bridgehead atoms. The Morgan fingerprint density at radius 2 is 2.36 bits per heavy atom. The highest BCUT2D eigenvalue weighted by Gasteiger charge is 2.32. The summed E-state index contributed by atoms with van der Waals surface area (Å²) in [4.78, 5) is 2.53. The van der Waals surface area contributed by atoms with Gasteiger partial charge in [0.25, 0.3) is 0 Å². The summed E-state index contributed by atoms with van der Waals surface area (Å²) in [6, 6.07) is 0.474. The van der Waals surface area contributed by atoms with Crippen LogP contribution in [-0.4, -0.2) is 43.3 Å². The van der Waals surface area contributed by atoms with Crippen LogP contribution in [0.1, 0.15) is 26.2 Å². The molecule has 3 nitrogen and oxygen atoms in total. The van der Waals surface area contributed by atoms with E-state index in [0.717, 1.165) is 19.1 Å².